The largest absolute Gasteiger partial charge is 0.741 e. The van der Waals surface area contributed by atoms with Crippen LogP contribution in [0.1, 0.15) is 0 Å². The Kier molecular flexibility index (Phi) is 22.6. The lowest BCUT2D eigenvalue weighted by Crippen LogP contribution is -3.61. The molecule has 0 N–H and O–H groups in total. The van der Waals surface area contributed by atoms with Crippen molar-refractivity contribution in [1.29, 1.82) is 0 Å². The minimum absolute atomic E-state index is 0.126. The molecule has 0 aliphatic carbocycles. The highest BCUT2D eigenvalue weighted by atomic mass is 127. The van der Waals surface area contributed by atoms with Gasteiger partial charge in [-0.2, -0.15) is 39.5 Å². The van der Waals surface area contributed by atoms with E-state index < -0.39 is 46.9 Å². The monoisotopic (exact) mass is 1310 g/mol. The van der Waals surface area contributed by atoms with Crippen molar-refractivity contribution in [2.45, 2.75) is 65.5 Å². The third-order valence-corrected chi connectivity index (χ3v) is 20.1. The summed E-state index contributed by atoms with van der Waals surface area (Å²) in [6.07, 6.45) is 0. The molecule has 9 nitrogen and oxygen atoms in total. The summed E-state index contributed by atoms with van der Waals surface area (Å²) in [6.45, 7) is 0. The summed E-state index contributed by atoms with van der Waals surface area (Å²) in [4.78, 5) is 13.1. The zero-order valence-corrected chi connectivity index (χ0v) is 46.5. The van der Waals surface area contributed by atoms with Crippen molar-refractivity contribution in [2.75, 3.05) is 0 Å². The van der Waals surface area contributed by atoms with Crippen LogP contribution in [0.3, 0.4) is 0 Å². The number of alkyl halides is 9. The molecule has 0 saturated carbocycles. The Morgan fingerprint density at radius 3 is 0.649 bits per heavy atom. The molecule has 0 aromatic heterocycles. The summed E-state index contributed by atoms with van der Waals surface area (Å²) in [7, 11) is -18.5. The minimum atomic E-state index is -6.09. The van der Waals surface area contributed by atoms with E-state index in [0.29, 0.717) is 0 Å². The van der Waals surface area contributed by atoms with Gasteiger partial charge in [-0.3, -0.25) is 0 Å². The number of halogens is 10. The second-order valence-corrected chi connectivity index (χ2v) is 28.2. The Balaban J connectivity index is 0.000000379. The van der Waals surface area contributed by atoms with Gasteiger partial charge in [0.1, 0.15) is 0 Å². The van der Waals surface area contributed by atoms with Crippen molar-refractivity contribution >= 4 is 75.7 Å². The molecule has 0 saturated heterocycles. The van der Waals surface area contributed by atoms with Gasteiger partial charge in [0, 0.05) is 19.6 Å². The van der Waals surface area contributed by atoms with Gasteiger partial charge in [0.25, 0.3) is 0 Å². The highest BCUT2D eigenvalue weighted by Gasteiger charge is 2.38. The van der Waals surface area contributed by atoms with Gasteiger partial charge in [0.15, 0.2) is 66.9 Å². The Morgan fingerprint density at radius 1 is 0.299 bits per heavy atom. The van der Waals surface area contributed by atoms with Gasteiger partial charge in [0.05, 0.1) is 21.8 Å². The van der Waals surface area contributed by atoms with E-state index >= 15 is 0 Å². The van der Waals surface area contributed by atoms with E-state index in [-0.39, 0.29) is 43.0 Å². The molecule has 0 spiro atoms. The second kappa shape index (κ2) is 27.7. The molecule has 0 amide bonds. The SMILES string of the molecule is O=S(=O)([O-])C(F)(F)F.O=S(=O)([O-])C(F)(F)F.O=S(=O)([O-])C(F)(F)F.c1ccc([S+](c2ccccc2)c2ccc(Sc3ccc([I+]c4ccc(Sc5ccc([S+](c6ccccc6)c6ccccc6)cc5)cc4)cc3)cc2)cc1. The molecule has 0 aliphatic rings. The fourth-order valence-electron chi connectivity index (χ4n) is 5.86. The fourth-order valence-corrected chi connectivity index (χ4v) is 13.8. The van der Waals surface area contributed by atoms with Crippen molar-refractivity contribution in [2.24, 2.45) is 0 Å². The van der Waals surface area contributed by atoms with Crippen molar-refractivity contribution in [3.8, 4) is 0 Å². The van der Waals surface area contributed by atoms with Gasteiger partial charge in [-0.25, -0.2) is 25.3 Å². The van der Waals surface area contributed by atoms with Crippen LogP contribution >= 0.6 is 23.5 Å². The second-order valence-electron chi connectivity index (χ2n) is 14.7. The lowest BCUT2D eigenvalue weighted by Gasteiger charge is -2.08. The lowest BCUT2D eigenvalue weighted by atomic mass is 10.3. The predicted octanol–water partition coefficient (Wildman–Crippen LogP) is 10.5. The molecule has 8 aromatic carbocycles. The summed E-state index contributed by atoms with van der Waals surface area (Å²) < 4.78 is 180. The molecule has 26 heteroatoms. The highest BCUT2D eigenvalue weighted by Crippen LogP contribution is 2.36. The van der Waals surface area contributed by atoms with Gasteiger partial charge in [-0.1, -0.05) is 96.3 Å². The molecule has 8 aromatic rings. The van der Waals surface area contributed by atoms with Crippen LogP contribution in [-0.4, -0.2) is 55.4 Å². The van der Waals surface area contributed by atoms with Crippen LogP contribution < -0.4 is 21.2 Å². The number of hydrogen-bond donors (Lipinski definition) is 0. The summed E-state index contributed by atoms with van der Waals surface area (Å²) in [6, 6.07) is 80.0. The zero-order chi connectivity index (χ0) is 56.7. The van der Waals surface area contributed by atoms with Crippen molar-refractivity contribution in [3.63, 3.8) is 0 Å². The lowest BCUT2D eigenvalue weighted by molar-refractivity contribution is -0.597. The first-order valence-electron chi connectivity index (χ1n) is 21.2. The maximum atomic E-state index is 10.7. The predicted molar refractivity (Wildman–Crippen MR) is 269 cm³/mol. The highest BCUT2D eigenvalue weighted by molar-refractivity contribution is 7.99. The molecular formula is C51H36F9IO9S7. The van der Waals surface area contributed by atoms with Crippen LogP contribution in [0.4, 0.5) is 39.5 Å². The summed E-state index contributed by atoms with van der Waals surface area (Å²) >= 11 is 3.41. The van der Waals surface area contributed by atoms with E-state index in [9.17, 15) is 39.5 Å². The van der Waals surface area contributed by atoms with Gasteiger partial charge in [-0.15, -0.1) is 0 Å². The van der Waals surface area contributed by atoms with E-state index in [0.717, 1.165) is 0 Å². The van der Waals surface area contributed by atoms with Crippen molar-refractivity contribution < 1.29 is 99.6 Å². The first-order valence-corrected chi connectivity index (χ1v) is 31.6. The molecule has 0 heterocycles. The Morgan fingerprint density at radius 2 is 0.468 bits per heavy atom. The summed E-state index contributed by atoms with van der Waals surface area (Å²) in [5, 5.41) is 0. The molecule has 77 heavy (non-hydrogen) atoms. The van der Waals surface area contributed by atoms with Gasteiger partial charge < -0.3 is 13.7 Å². The van der Waals surface area contributed by atoms with Crippen molar-refractivity contribution in [1.82, 2.24) is 0 Å². The van der Waals surface area contributed by atoms with Crippen LogP contribution in [0.15, 0.2) is 267 Å². The van der Waals surface area contributed by atoms with Gasteiger partial charge >= 0.3 is 37.7 Å². The maximum absolute atomic E-state index is 10.7. The summed E-state index contributed by atoms with van der Waals surface area (Å²) in [5.74, 6) is 0. The molecule has 0 unspecified atom stereocenters. The van der Waals surface area contributed by atoms with E-state index in [1.807, 2.05) is 23.5 Å². The maximum Gasteiger partial charge on any atom is 0.485 e. The molecular weight excluding hydrogens is 1280 g/mol. The van der Waals surface area contributed by atoms with Crippen molar-refractivity contribution in [3.05, 3.63) is 226 Å². The zero-order valence-electron chi connectivity index (χ0n) is 38.6. The van der Waals surface area contributed by atoms with Crippen LogP contribution in [-0.2, 0) is 52.1 Å². The minimum Gasteiger partial charge on any atom is -0.741 e. The van der Waals surface area contributed by atoms with E-state index in [4.69, 9.17) is 38.9 Å². The first kappa shape index (κ1) is 62.8. The van der Waals surface area contributed by atoms with Gasteiger partial charge in [0.2, 0.25) is 0 Å². The topological polar surface area (TPSA) is 172 Å². The molecule has 8 rings (SSSR count). The quantitative estimate of drug-likeness (QED) is 0.0375. The molecule has 0 bridgehead atoms. The average molecular weight is 1320 g/mol. The van der Waals surface area contributed by atoms with Crippen LogP contribution in [0.2, 0.25) is 0 Å². The molecule has 0 radical (unpaired) electrons. The Labute approximate surface area is 462 Å². The number of benzene rings is 8. The van der Waals surface area contributed by atoms with Gasteiger partial charge in [-0.05, 0) is 146 Å². The third kappa shape index (κ3) is 20.0. The molecule has 0 fully saturated rings. The summed E-state index contributed by atoms with van der Waals surface area (Å²) in [5.41, 5.74) is -16.9. The Bertz CT molecular complexity index is 3100. The molecule has 406 valence electrons. The van der Waals surface area contributed by atoms with E-state index in [1.54, 1.807) is 0 Å². The third-order valence-electron chi connectivity index (χ3n) is 9.20. The smallest absolute Gasteiger partial charge is 0.485 e. The van der Waals surface area contributed by atoms with E-state index in [2.05, 4.69) is 218 Å². The standard InChI is InChI=1S/C48H36IS4.3CHF3O3S/c1-5-13-43(14-6-1)52(44-15-7-2-8-16-44)47-33-29-41(30-34-47)50-39-25-21-37(22-26-39)49-38-23-27-40(28-24-38)51-42-31-35-48(36-32-42)53(45-17-9-3-10-18-45)46-19-11-4-12-20-46;3*2-1(3,4)8(5,6)7/h1-36H;3*(H,5,6,7)/q+3;;;/p-3. The fraction of sp³-hybridized carbons (Fsp3) is 0.0588. The molecule has 0 atom stereocenters. The normalized spacial score (nSPS) is 12.1. The van der Waals surface area contributed by atoms with E-state index in [1.165, 1.54) is 56.1 Å². The Hall–Kier alpha value is -5.01. The van der Waals surface area contributed by atoms with Crippen LogP contribution in [0, 0.1) is 7.14 Å². The number of hydrogen-bond acceptors (Lipinski definition) is 11. The first-order chi connectivity index (χ1) is 36.0. The average Bonchev–Trinajstić information content (AvgIpc) is 3.37. The van der Waals surface area contributed by atoms with Crippen LogP contribution in [0.5, 0.6) is 0 Å². The van der Waals surface area contributed by atoms with Crippen LogP contribution in [0.25, 0.3) is 0 Å². The molecule has 0 aliphatic heterocycles. The number of rotatable bonds is 12.